The Morgan fingerprint density at radius 2 is 1.56 bits per heavy atom. The molecule has 1 aliphatic rings. The van der Waals surface area contributed by atoms with Crippen LogP contribution in [0.25, 0.3) is 0 Å². The highest BCUT2D eigenvalue weighted by Gasteiger charge is 2.33. The molecule has 3 rings (SSSR count). The predicted molar refractivity (Wildman–Crippen MR) is 66.9 cm³/mol. The van der Waals surface area contributed by atoms with Crippen LogP contribution in [0.15, 0.2) is 42.5 Å². The molecule has 0 saturated heterocycles. The molecule has 3 heteroatoms. The van der Waals surface area contributed by atoms with E-state index in [4.69, 9.17) is 23.2 Å². The van der Waals surface area contributed by atoms with E-state index >= 15 is 0 Å². The molecule has 1 aliphatic heterocycles. The summed E-state index contributed by atoms with van der Waals surface area (Å²) in [6, 6.07) is 14.0. The van der Waals surface area contributed by atoms with Gasteiger partial charge in [0.1, 0.15) is 22.3 Å². The van der Waals surface area contributed by atoms with Crippen LogP contribution in [0.1, 0.15) is 5.56 Å². The third kappa shape index (κ3) is 1.44. The quantitative estimate of drug-likeness (QED) is 0.792. The number of quaternary nitrogens is 1. The van der Waals surface area contributed by atoms with Crippen LogP contribution in [-0.4, -0.2) is 0 Å². The van der Waals surface area contributed by atoms with Gasteiger partial charge in [0.05, 0.1) is 5.56 Å². The molecule has 0 amide bonds. The smallest absolute Gasteiger partial charge is 0.174 e. The lowest BCUT2D eigenvalue weighted by Gasteiger charge is -2.30. The Morgan fingerprint density at radius 3 is 2.25 bits per heavy atom. The second-order valence-corrected chi connectivity index (χ2v) is 4.72. The Bertz CT molecular complexity index is 531. The molecule has 2 aromatic rings. The molecule has 0 fully saturated rings. The van der Waals surface area contributed by atoms with Crippen molar-refractivity contribution in [1.82, 2.24) is 0 Å². The van der Waals surface area contributed by atoms with Crippen LogP contribution < -0.4 is 4.90 Å². The van der Waals surface area contributed by atoms with Crippen molar-refractivity contribution in [3.63, 3.8) is 0 Å². The van der Waals surface area contributed by atoms with Gasteiger partial charge in [-0.1, -0.05) is 41.4 Å². The van der Waals surface area contributed by atoms with E-state index < -0.39 is 0 Å². The lowest BCUT2D eigenvalue weighted by molar-refractivity contribution is -0.799. The number of hydrogen-bond acceptors (Lipinski definition) is 0. The summed E-state index contributed by atoms with van der Waals surface area (Å²) in [5.74, 6) is 0. The normalized spacial score (nSPS) is 17.8. The molecule has 1 unspecified atom stereocenters. The van der Waals surface area contributed by atoms with Crippen molar-refractivity contribution in [3.8, 4) is 0 Å². The maximum Gasteiger partial charge on any atom is 0.174 e. The molecule has 0 aliphatic carbocycles. The van der Waals surface area contributed by atoms with E-state index in [1.807, 2.05) is 24.3 Å². The average Bonchev–Trinajstić information content (AvgIpc) is 2.24. The van der Waals surface area contributed by atoms with Gasteiger partial charge in [-0.15, -0.1) is 0 Å². The van der Waals surface area contributed by atoms with Crippen molar-refractivity contribution in [2.24, 2.45) is 0 Å². The SMILES string of the molecule is Clc1cccc(Cl)c1[NH+]1Cc2ccccc21. The van der Waals surface area contributed by atoms with E-state index in [9.17, 15) is 0 Å². The first-order chi connectivity index (χ1) is 7.77. The summed E-state index contributed by atoms with van der Waals surface area (Å²) in [6.07, 6.45) is 0. The molecule has 0 saturated carbocycles. The molecular formula is C13H10Cl2N+. The fraction of sp³-hybridized carbons (Fsp3) is 0.0769. The van der Waals surface area contributed by atoms with E-state index in [0.29, 0.717) is 0 Å². The number of nitrogens with one attached hydrogen (secondary N) is 1. The largest absolute Gasteiger partial charge is 0.263 e. The number of halogens is 2. The molecule has 1 N–H and O–H groups in total. The summed E-state index contributed by atoms with van der Waals surface area (Å²) >= 11 is 12.4. The molecule has 0 aromatic heterocycles. The molecule has 0 radical (unpaired) electrons. The van der Waals surface area contributed by atoms with Crippen LogP contribution in [0.5, 0.6) is 0 Å². The zero-order valence-electron chi connectivity index (χ0n) is 8.50. The highest BCUT2D eigenvalue weighted by atomic mass is 35.5. The van der Waals surface area contributed by atoms with Crippen LogP contribution in [0.2, 0.25) is 10.0 Å². The minimum absolute atomic E-state index is 0.733. The van der Waals surface area contributed by atoms with Crippen molar-refractivity contribution in [3.05, 3.63) is 58.1 Å². The summed E-state index contributed by atoms with van der Waals surface area (Å²) in [5.41, 5.74) is 3.63. The van der Waals surface area contributed by atoms with Gasteiger partial charge in [0.25, 0.3) is 0 Å². The second-order valence-electron chi connectivity index (χ2n) is 3.91. The van der Waals surface area contributed by atoms with E-state index in [2.05, 4.69) is 18.2 Å². The molecule has 16 heavy (non-hydrogen) atoms. The highest BCUT2D eigenvalue weighted by molar-refractivity contribution is 6.38. The first-order valence-corrected chi connectivity index (χ1v) is 5.91. The van der Waals surface area contributed by atoms with Gasteiger partial charge < -0.3 is 0 Å². The van der Waals surface area contributed by atoms with E-state index in [1.54, 1.807) is 0 Å². The summed E-state index contributed by atoms with van der Waals surface area (Å²) in [6.45, 7) is 0.958. The lowest BCUT2D eigenvalue weighted by Crippen LogP contribution is -3.05. The monoisotopic (exact) mass is 250 g/mol. The fourth-order valence-corrected chi connectivity index (χ4v) is 2.78. The standard InChI is InChI=1S/C13H9Cl2N/c14-10-5-3-6-11(15)13(10)16-8-9-4-1-2-7-12(9)16/h1-7H,8H2/p+1. The minimum Gasteiger partial charge on any atom is -0.263 e. The zero-order chi connectivity index (χ0) is 11.1. The fourth-order valence-electron chi connectivity index (χ4n) is 2.16. The summed E-state index contributed by atoms with van der Waals surface area (Å²) in [5, 5.41) is 1.47. The van der Waals surface area contributed by atoms with E-state index in [-0.39, 0.29) is 0 Å². The van der Waals surface area contributed by atoms with Crippen molar-refractivity contribution < 1.29 is 4.90 Å². The number of benzene rings is 2. The topological polar surface area (TPSA) is 4.44 Å². The Kier molecular flexibility index (Phi) is 2.40. The number of hydrogen-bond donors (Lipinski definition) is 1. The van der Waals surface area contributed by atoms with Crippen LogP contribution >= 0.6 is 23.2 Å². The zero-order valence-corrected chi connectivity index (χ0v) is 10.0. The summed E-state index contributed by atoms with van der Waals surface area (Å²) < 4.78 is 0. The van der Waals surface area contributed by atoms with Gasteiger partial charge >= 0.3 is 0 Å². The van der Waals surface area contributed by atoms with Gasteiger partial charge in [-0.3, -0.25) is 4.90 Å². The maximum absolute atomic E-state index is 6.20. The Balaban J connectivity index is 2.09. The molecule has 80 valence electrons. The van der Waals surface area contributed by atoms with E-state index in [1.165, 1.54) is 16.2 Å². The van der Waals surface area contributed by atoms with Gasteiger partial charge in [0.2, 0.25) is 0 Å². The number of fused-ring (bicyclic) bond motifs is 1. The van der Waals surface area contributed by atoms with Crippen molar-refractivity contribution >= 4 is 34.6 Å². The molecular weight excluding hydrogens is 241 g/mol. The van der Waals surface area contributed by atoms with Crippen molar-refractivity contribution in [2.75, 3.05) is 0 Å². The Hall–Kier alpha value is -1.02. The molecule has 1 heterocycles. The van der Waals surface area contributed by atoms with Crippen LogP contribution in [0.3, 0.4) is 0 Å². The van der Waals surface area contributed by atoms with Crippen molar-refractivity contribution in [2.45, 2.75) is 6.54 Å². The first-order valence-electron chi connectivity index (χ1n) is 5.16. The predicted octanol–water partition coefficient (Wildman–Crippen LogP) is 3.36. The lowest BCUT2D eigenvalue weighted by atomic mass is 10.0. The summed E-state index contributed by atoms with van der Waals surface area (Å²) in [4.78, 5) is 1.26. The third-order valence-electron chi connectivity index (χ3n) is 2.97. The van der Waals surface area contributed by atoms with E-state index in [0.717, 1.165) is 22.3 Å². The van der Waals surface area contributed by atoms with Crippen molar-refractivity contribution in [1.29, 1.82) is 0 Å². The van der Waals surface area contributed by atoms with Crippen LogP contribution in [0.4, 0.5) is 11.4 Å². The molecule has 0 bridgehead atoms. The molecule has 1 atom stereocenters. The Morgan fingerprint density at radius 1 is 0.875 bits per heavy atom. The average molecular weight is 251 g/mol. The van der Waals surface area contributed by atoms with Crippen LogP contribution in [-0.2, 0) is 6.54 Å². The maximum atomic E-state index is 6.20. The van der Waals surface area contributed by atoms with Gasteiger partial charge in [-0.2, -0.15) is 0 Å². The van der Waals surface area contributed by atoms with Gasteiger partial charge in [-0.25, -0.2) is 0 Å². The van der Waals surface area contributed by atoms with Gasteiger partial charge in [0, 0.05) is 6.07 Å². The number of para-hydroxylation sites is 2. The highest BCUT2D eigenvalue weighted by Crippen LogP contribution is 2.31. The van der Waals surface area contributed by atoms with Gasteiger partial charge in [-0.05, 0) is 18.2 Å². The molecule has 2 aromatic carbocycles. The summed E-state index contributed by atoms with van der Waals surface area (Å²) in [7, 11) is 0. The van der Waals surface area contributed by atoms with Crippen LogP contribution in [0, 0.1) is 0 Å². The molecule has 0 spiro atoms. The molecule has 1 nitrogen and oxygen atoms in total. The third-order valence-corrected chi connectivity index (χ3v) is 3.60. The Labute approximate surface area is 104 Å². The first kappa shape index (κ1) is 10.2. The number of rotatable bonds is 1. The van der Waals surface area contributed by atoms with Gasteiger partial charge in [0.15, 0.2) is 5.69 Å². The second kappa shape index (κ2) is 3.77. The minimum atomic E-state index is 0.733.